The number of aromatic amines is 1. The van der Waals surface area contributed by atoms with E-state index in [0.29, 0.717) is 22.3 Å². The van der Waals surface area contributed by atoms with Gasteiger partial charge >= 0.3 is 0 Å². The molecule has 4 N–H and O–H groups in total. The van der Waals surface area contributed by atoms with Crippen molar-refractivity contribution in [3.8, 4) is 11.5 Å². The highest BCUT2D eigenvalue weighted by molar-refractivity contribution is 8.02. The maximum absolute atomic E-state index is 12.3. The predicted molar refractivity (Wildman–Crippen MR) is 88.5 cm³/mol. The summed E-state index contributed by atoms with van der Waals surface area (Å²) in [4.78, 5) is 3.09. The lowest BCUT2D eigenvalue weighted by Crippen LogP contribution is -2.05. The lowest BCUT2D eigenvalue weighted by molar-refractivity contribution is 0.475. The summed E-state index contributed by atoms with van der Waals surface area (Å²) >= 11 is 0. The SMILES string of the molecule is O=S1(=O)Nc2ccc(O)cc2C1=Cc1c[nH]c2cc(O)ccc12. The van der Waals surface area contributed by atoms with Gasteiger partial charge in [0.05, 0.1) is 10.6 Å². The van der Waals surface area contributed by atoms with E-state index in [4.69, 9.17) is 0 Å². The molecule has 0 spiro atoms. The number of hydrogen-bond acceptors (Lipinski definition) is 4. The number of aromatic nitrogens is 1. The third-order valence-corrected chi connectivity index (χ3v) is 5.19. The molecule has 3 aromatic rings. The Labute approximate surface area is 131 Å². The Bertz CT molecular complexity index is 1080. The molecule has 0 unspecified atom stereocenters. The van der Waals surface area contributed by atoms with Crippen molar-refractivity contribution in [1.29, 1.82) is 0 Å². The minimum atomic E-state index is -3.68. The molecule has 0 bridgehead atoms. The number of nitrogens with one attached hydrogen (secondary N) is 2. The zero-order valence-electron chi connectivity index (χ0n) is 11.7. The largest absolute Gasteiger partial charge is 0.508 e. The summed E-state index contributed by atoms with van der Waals surface area (Å²) in [5, 5.41) is 19.9. The number of sulfonamides is 1. The smallest absolute Gasteiger partial charge is 0.262 e. The first-order valence-electron chi connectivity index (χ1n) is 6.82. The third kappa shape index (κ3) is 2.13. The molecule has 0 saturated heterocycles. The molecule has 1 aliphatic heterocycles. The van der Waals surface area contributed by atoms with Gasteiger partial charge in [-0.2, -0.15) is 0 Å². The van der Waals surface area contributed by atoms with Gasteiger partial charge in [-0.25, -0.2) is 8.42 Å². The van der Waals surface area contributed by atoms with E-state index in [2.05, 4.69) is 9.71 Å². The highest BCUT2D eigenvalue weighted by Crippen LogP contribution is 2.40. The summed E-state index contributed by atoms with van der Waals surface area (Å²) in [7, 11) is -3.68. The monoisotopic (exact) mass is 328 g/mol. The average molecular weight is 328 g/mol. The van der Waals surface area contributed by atoms with Gasteiger partial charge in [-0.15, -0.1) is 0 Å². The second kappa shape index (κ2) is 4.53. The number of phenols is 2. The van der Waals surface area contributed by atoms with Gasteiger partial charge in [0.2, 0.25) is 0 Å². The Hall–Kier alpha value is -2.93. The molecular weight excluding hydrogens is 316 g/mol. The molecule has 7 heteroatoms. The first-order valence-corrected chi connectivity index (χ1v) is 8.30. The number of hydrogen-bond donors (Lipinski definition) is 4. The zero-order valence-corrected chi connectivity index (χ0v) is 12.6. The van der Waals surface area contributed by atoms with Gasteiger partial charge in [-0.1, -0.05) is 0 Å². The van der Waals surface area contributed by atoms with Crippen LogP contribution in [0, 0.1) is 0 Å². The van der Waals surface area contributed by atoms with Gasteiger partial charge < -0.3 is 15.2 Å². The summed E-state index contributed by atoms with van der Waals surface area (Å²) < 4.78 is 27.1. The second-order valence-corrected chi connectivity index (χ2v) is 6.97. The van der Waals surface area contributed by atoms with Gasteiger partial charge in [-0.05, 0) is 36.4 Å². The van der Waals surface area contributed by atoms with Crippen molar-refractivity contribution in [3.63, 3.8) is 0 Å². The highest BCUT2D eigenvalue weighted by atomic mass is 32.2. The minimum absolute atomic E-state index is 0.00241. The number of benzene rings is 2. The molecule has 0 fully saturated rings. The van der Waals surface area contributed by atoms with E-state index >= 15 is 0 Å². The fourth-order valence-electron chi connectivity index (χ4n) is 2.72. The van der Waals surface area contributed by atoms with Crippen LogP contribution in [0.4, 0.5) is 5.69 Å². The maximum atomic E-state index is 12.3. The molecule has 1 aromatic heterocycles. The summed E-state index contributed by atoms with van der Waals surface area (Å²) in [6, 6.07) is 9.19. The molecule has 1 aliphatic rings. The lowest BCUT2D eigenvalue weighted by Gasteiger charge is -1.99. The Morgan fingerprint density at radius 1 is 1.00 bits per heavy atom. The summed E-state index contributed by atoms with van der Waals surface area (Å²) in [5.41, 5.74) is 2.25. The molecule has 0 radical (unpaired) electrons. The van der Waals surface area contributed by atoms with Crippen LogP contribution in [0.15, 0.2) is 42.6 Å². The summed E-state index contributed by atoms with van der Waals surface area (Å²) in [5.74, 6) is 0.126. The molecule has 23 heavy (non-hydrogen) atoms. The van der Waals surface area contributed by atoms with Crippen LogP contribution >= 0.6 is 0 Å². The Morgan fingerprint density at radius 3 is 2.57 bits per heavy atom. The molecule has 0 aliphatic carbocycles. The van der Waals surface area contributed by atoms with Crippen molar-refractivity contribution in [1.82, 2.24) is 4.98 Å². The first-order chi connectivity index (χ1) is 10.9. The highest BCUT2D eigenvalue weighted by Gasteiger charge is 2.30. The van der Waals surface area contributed by atoms with Gasteiger partial charge in [0, 0.05) is 34.3 Å². The molecule has 116 valence electrons. The van der Waals surface area contributed by atoms with Gasteiger partial charge in [0.25, 0.3) is 10.0 Å². The number of aromatic hydroxyl groups is 2. The van der Waals surface area contributed by atoms with Crippen LogP contribution < -0.4 is 4.72 Å². The number of phenolic OH excluding ortho intramolecular Hbond substituents is 2. The van der Waals surface area contributed by atoms with Crippen LogP contribution in [0.1, 0.15) is 11.1 Å². The maximum Gasteiger partial charge on any atom is 0.262 e. The summed E-state index contributed by atoms with van der Waals surface area (Å²) in [6.07, 6.45) is 3.22. The van der Waals surface area contributed by atoms with Crippen molar-refractivity contribution < 1.29 is 18.6 Å². The number of H-pyrrole nitrogens is 1. The van der Waals surface area contributed by atoms with Gasteiger partial charge in [0.1, 0.15) is 11.5 Å². The van der Waals surface area contributed by atoms with E-state index in [1.54, 1.807) is 30.5 Å². The van der Waals surface area contributed by atoms with Gasteiger partial charge in [-0.3, -0.25) is 4.72 Å². The molecule has 4 rings (SSSR count). The summed E-state index contributed by atoms with van der Waals surface area (Å²) in [6.45, 7) is 0. The number of rotatable bonds is 1. The normalized spacial score (nSPS) is 17.3. The van der Waals surface area contributed by atoms with Crippen LogP contribution in [-0.4, -0.2) is 23.6 Å². The van der Waals surface area contributed by atoms with Crippen LogP contribution in [0.25, 0.3) is 21.9 Å². The third-order valence-electron chi connectivity index (χ3n) is 3.79. The van der Waals surface area contributed by atoms with E-state index < -0.39 is 10.0 Å². The first kappa shape index (κ1) is 13.7. The van der Waals surface area contributed by atoms with E-state index in [9.17, 15) is 18.6 Å². The van der Waals surface area contributed by atoms with Crippen LogP contribution in [0.5, 0.6) is 11.5 Å². The molecule has 0 saturated carbocycles. The van der Waals surface area contributed by atoms with Crippen molar-refractivity contribution in [2.45, 2.75) is 0 Å². The predicted octanol–water partition coefficient (Wildman–Crippen LogP) is 2.83. The molecule has 0 atom stereocenters. The molecule has 6 nitrogen and oxygen atoms in total. The van der Waals surface area contributed by atoms with Crippen molar-refractivity contribution in [2.24, 2.45) is 0 Å². The average Bonchev–Trinajstić information content (AvgIpc) is 2.98. The lowest BCUT2D eigenvalue weighted by atomic mass is 10.1. The molecule has 0 amide bonds. The van der Waals surface area contributed by atoms with Crippen LogP contribution in [-0.2, 0) is 10.0 Å². The Kier molecular flexibility index (Phi) is 2.70. The minimum Gasteiger partial charge on any atom is -0.508 e. The molecule has 2 heterocycles. The molecule has 2 aromatic carbocycles. The second-order valence-electron chi connectivity index (χ2n) is 5.32. The zero-order chi connectivity index (χ0) is 16.2. The fraction of sp³-hybridized carbons (Fsp3) is 0. The Morgan fingerprint density at radius 2 is 1.74 bits per heavy atom. The number of fused-ring (bicyclic) bond motifs is 2. The standard InChI is InChI=1S/C16H12N2O4S/c19-10-2-4-14-13(6-10)16(23(21,22)18-14)5-9-8-17-15-7-11(20)1-3-12(9)15/h1-8,17-20H. The fourth-order valence-corrected chi connectivity index (χ4v) is 4.04. The van der Waals surface area contributed by atoms with Crippen molar-refractivity contribution in [2.75, 3.05) is 4.72 Å². The topological polar surface area (TPSA) is 102 Å². The van der Waals surface area contributed by atoms with E-state index in [1.807, 2.05) is 0 Å². The Balaban J connectivity index is 1.95. The molecular formula is C16H12N2O4S. The van der Waals surface area contributed by atoms with E-state index in [-0.39, 0.29) is 16.4 Å². The van der Waals surface area contributed by atoms with E-state index in [1.165, 1.54) is 18.2 Å². The quantitative estimate of drug-likeness (QED) is 0.516. The van der Waals surface area contributed by atoms with Crippen molar-refractivity contribution >= 4 is 37.6 Å². The number of anilines is 1. The van der Waals surface area contributed by atoms with Crippen LogP contribution in [0.3, 0.4) is 0 Å². The van der Waals surface area contributed by atoms with Crippen LogP contribution in [0.2, 0.25) is 0 Å². The van der Waals surface area contributed by atoms with Gasteiger partial charge in [0.15, 0.2) is 0 Å². The van der Waals surface area contributed by atoms with E-state index in [0.717, 1.165) is 5.39 Å². The van der Waals surface area contributed by atoms with Crippen molar-refractivity contribution in [3.05, 3.63) is 53.7 Å².